The Morgan fingerprint density at radius 1 is 1.28 bits per heavy atom. The first kappa shape index (κ1) is 14.2. The number of aliphatic carboxylic acids is 1. The van der Waals surface area contributed by atoms with E-state index in [9.17, 15) is 14.0 Å². The highest BCUT2D eigenvalue weighted by atomic mass is 19.1. The van der Waals surface area contributed by atoms with E-state index in [1.54, 1.807) is 25.1 Å². The fraction of sp³-hybridized carbons (Fsp3) is 0.385. The van der Waals surface area contributed by atoms with Gasteiger partial charge in [0.25, 0.3) is 0 Å². The van der Waals surface area contributed by atoms with Gasteiger partial charge in [-0.1, -0.05) is 18.2 Å². The van der Waals surface area contributed by atoms with Crippen LogP contribution in [0.2, 0.25) is 0 Å². The van der Waals surface area contributed by atoms with Gasteiger partial charge in [0, 0.05) is 12.6 Å². The van der Waals surface area contributed by atoms with Crippen molar-refractivity contribution in [2.24, 2.45) is 5.92 Å². The molecule has 2 unspecified atom stereocenters. The number of hydrogen-bond donors (Lipinski definition) is 1. The topological polar surface area (TPSA) is 57.6 Å². The third-order valence-electron chi connectivity index (χ3n) is 3.02. The predicted octanol–water partition coefficient (Wildman–Crippen LogP) is 2.07. The van der Waals surface area contributed by atoms with Crippen molar-refractivity contribution in [3.8, 4) is 0 Å². The molecule has 0 aromatic heterocycles. The van der Waals surface area contributed by atoms with Crippen molar-refractivity contribution in [3.63, 3.8) is 0 Å². The van der Waals surface area contributed by atoms with Crippen LogP contribution in [-0.2, 0) is 9.59 Å². The molecule has 5 heteroatoms. The number of halogens is 1. The second-order valence-electron chi connectivity index (χ2n) is 4.21. The van der Waals surface area contributed by atoms with Crippen LogP contribution < -0.4 is 0 Å². The monoisotopic (exact) mass is 253 g/mol. The lowest BCUT2D eigenvalue weighted by Gasteiger charge is -2.27. The number of benzene rings is 1. The van der Waals surface area contributed by atoms with Gasteiger partial charge in [0.2, 0.25) is 5.91 Å². The van der Waals surface area contributed by atoms with E-state index in [0.29, 0.717) is 5.56 Å². The van der Waals surface area contributed by atoms with Crippen LogP contribution in [0.25, 0.3) is 0 Å². The lowest BCUT2D eigenvalue weighted by Crippen LogP contribution is -2.37. The highest BCUT2D eigenvalue weighted by molar-refractivity contribution is 5.96. The number of hydrogen-bond acceptors (Lipinski definition) is 2. The number of carboxylic acid groups (broad SMARTS) is 1. The van der Waals surface area contributed by atoms with E-state index >= 15 is 0 Å². The second kappa shape index (κ2) is 5.62. The normalized spacial score (nSPS) is 13.8. The Morgan fingerprint density at radius 3 is 2.33 bits per heavy atom. The third-order valence-corrected chi connectivity index (χ3v) is 3.02. The Labute approximate surface area is 105 Å². The SMILES string of the molecule is CC(C(=O)O)C(=O)N(C)C(C)c1ccccc1F. The van der Waals surface area contributed by atoms with Crippen molar-refractivity contribution in [1.29, 1.82) is 0 Å². The summed E-state index contributed by atoms with van der Waals surface area (Å²) in [5, 5.41) is 8.79. The molecule has 1 N–H and O–H groups in total. The molecule has 0 spiro atoms. The average molecular weight is 253 g/mol. The minimum absolute atomic E-state index is 0.367. The summed E-state index contributed by atoms with van der Waals surface area (Å²) in [4.78, 5) is 23.8. The van der Waals surface area contributed by atoms with E-state index in [-0.39, 0.29) is 0 Å². The fourth-order valence-electron chi connectivity index (χ4n) is 1.62. The molecule has 0 radical (unpaired) electrons. The zero-order valence-electron chi connectivity index (χ0n) is 10.6. The van der Waals surface area contributed by atoms with Crippen LogP contribution in [0.5, 0.6) is 0 Å². The number of rotatable bonds is 4. The van der Waals surface area contributed by atoms with Crippen LogP contribution in [-0.4, -0.2) is 28.9 Å². The lowest BCUT2D eigenvalue weighted by molar-refractivity contribution is -0.150. The van der Waals surface area contributed by atoms with E-state index in [1.165, 1.54) is 24.9 Å². The lowest BCUT2D eigenvalue weighted by atomic mass is 10.0. The maximum Gasteiger partial charge on any atom is 0.315 e. The molecule has 0 saturated heterocycles. The Morgan fingerprint density at radius 2 is 1.83 bits per heavy atom. The summed E-state index contributed by atoms with van der Waals surface area (Å²) in [6.07, 6.45) is 0. The van der Waals surface area contributed by atoms with Crippen LogP contribution in [0.15, 0.2) is 24.3 Å². The maximum atomic E-state index is 13.6. The molecule has 98 valence electrons. The Balaban J connectivity index is 2.91. The Hall–Kier alpha value is -1.91. The van der Waals surface area contributed by atoms with Gasteiger partial charge in [-0.15, -0.1) is 0 Å². The molecule has 0 saturated carbocycles. The summed E-state index contributed by atoms with van der Waals surface area (Å²) >= 11 is 0. The van der Waals surface area contributed by atoms with Gasteiger partial charge in [0.15, 0.2) is 0 Å². The molecular weight excluding hydrogens is 237 g/mol. The Bertz CT molecular complexity index is 461. The molecule has 0 aliphatic heterocycles. The number of nitrogens with zero attached hydrogens (tertiary/aromatic N) is 1. The first-order chi connectivity index (χ1) is 8.36. The largest absolute Gasteiger partial charge is 0.481 e. The fourth-order valence-corrected chi connectivity index (χ4v) is 1.62. The summed E-state index contributed by atoms with van der Waals surface area (Å²) in [7, 11) is 1.47. The van der Waals surface area contributed by atoms with Gasteiger partial charge in [-0.2, -0.15) is 0 Å². The van der Waals surface area contributed by atoms with Crippen molar-refractivity contribution in [1.82, 2.24) is 4.90 Å². The molecule has 0 bridgehead atoms. The van der Waals surface area contributed by atoms with E-state index in [4.69, 9.17) is 5.11 Å². The van der Waals surface area contributed by atoms with E-state index in [1.807, 2.05) is 0 Å². The van der Waals surface area contributed by atoms with Crippen molar-refractivity contribution in [2.45, 2.75) is 19.9 Å². The highest BCUT2D eigenvalue weighted by Gasteiger charge is 2.28. The molecule has 1 amide bonds. The van der Waals surface area contributed by atoms with Gasteiger partial charge in [0.05, 0.1) is 6.04 Å². The first-order valence-electron chi connectivity index (χ1n) is 5.60. The number of carboxylic acids is 1. The minimum atomic E-state index is -1.19. The van der Waals surface area contributed by atoms with E-state index in [2.05, 4.69) is 0 Å². The number of amides is 1. The molecule has 4 nitrogen and oxygen atoms in total. The van der Waals surface area contributed by atoms with Crippen LogP contribution >= 0.6 is 0 Å². The smallest absolute Gasteiger partial charge is 0.315 e. The van der Waals surface area contributed by atoms with Crippen molar-refractivity contribution in [3.05, 3.63) is 35.6 Å². The van der Waals surface area contributed by atoms with E-state index < -0.39 is 29.7 Å². The summed E-state index contributed by atoms with van der Waals surface area (Å²) in [6.45, 7) is 2.97. The summed E-state index contributed by atoms with van der Waals surface area (Å²) < 4.78 is 13.6. The van der Waals surface area contributed by atoms with Gasteiger partial charge in [-0.05, 0) is 19.9 Å². The van der Waals surface area contributed by atoms with Gasteiger partial charge in [-0.3, -0.25) is 9.59 Å². The van der Waals surface area contributed by atoms with Crippen LogP contribution in [0.1, 0.15) is 25.5 Å². The van der Waals surface area contributed by atoms with Gasteiger partial charge >= 0.3 is 5.97 Å². The van der Waals surface area contributed by atoms with Crippen molar-refractivity contribution >= 4 is 11.9 Å². The van der Waals surface area contributed by atoms with Crippen LogP contribution in [0.3, 0.4) is 0 Å². The highest BCUT2D eigenvalue weighted by Crippen LogP contribution is 2.22. The molecule has 18 heavy (non-hydrogen) atoms. The van der Waals surface area contributed by atoms with Crippen LogP contribution in [0.4, 0.5) is 4.39 Å². The molecule has 1 aromatic rings. The van der Waals surface area contributed by atoms with Gasteiger partial charge in [-0.25, -0.2) is 4.39 Å². The molecule has 0 aliphatic rings. The first-order valence-corrected chi connectivity index (χ1v) is 5.60. The molecule has 0 fully saturated rings. The van der Waals surface area contributed by atoms with E-state index in [0.717, 1.165) is 0 Å². The minimum Gasteiger partial charge on any atom is -0.481 e. The zero-order valence-corrected chi connectivity index (χ0v) is 10.6. The number of carbonyl (C=O) groups is 2. The molecule has 0 heterocycles. The van der Waals surface area contributed by atoms with Crippen molar-refractivity contribution in [2.75, 3.05) is 7.05 Å². The zero-order chi connectivity index (χ0) is 13.9. The molecule has 1 aromatic carbocycles. The average Bonchev–Trinajstić information content (AvgIpc) is 2.35. The quantitative estimate of drug-likeness (QED) is 0.836. The standard InChI is InChI=1S/C13H16FNO3/c1-8(13(17)18)12(16)15(3)9(2)10-6-4-5-7-11(10)14/h4-9H,1-3H3,(H,17,18). The third kappa shape index (κ3) is 2.85. The van der Waals surface area contributed by atoms with Gasteiger partial charge < -0.3 is 10.0 Å². The predicted molar refractivity (Wildman–Crippen MR) is 64.4 cm³/mol. The summed E-state index contributed by atoms with van der Waals surface area (Å²) in [5.74, 6) is -3.28. The number of carbonyl (C=O) groups excluding carboxylic acids is 1. The maximum absolute atomic E-state index is 13.6. The summed E-state index contributed by atoms with van der Waals surface area (Å²) in [5.41, 5.74) is 0.367. The molecular formula is C13H16FNO3. The second-order valence-corrected chi connectivity index (χ2v) is 4.21. The van der Waals surface area contributed by atoms with Crippen LogP contribution in [0, 0.1) is 11.7 Å². The van der Waals surface area contributed by atoms with Crippen molar-refractivity contribution < 1.29 is 19.1 Å². The Kier molecular flexibility index (Phi) is 4.42. The molecule has 1 rings (SSSR count). The molecule has 0 aliphatic carbocycles. The molecule has 2 atom stereocenters. The summed E-state index contributed by atoms with van der Waals surface area (Å²) in [6, 6.07) is 5.61. The van der Waals surface area contributed by atoms with Gasteiger partial charge in [0.1, 0.15) is 11.7 Å².